The molecule has 0 saturated carbocycles. The van der Waals surface area contributed by atoms with Gasteiger partial charge in [0.1, 0.15) is 12.1 Å². The van der Waals surface area contributed by atoms with Gasteiger partial charge in [-0.15, -0.1) is 0 Å². The summed E-state index contributed by atoms with van der Waals surface area (Å²) < 4.78 is 0. The molecule has 2 N–H and O–H groups in total. The van der Waals surface area contributed by atoms with Crippen molar-refractivity contribution in [3.63, 3.8) is 0 Å². The summed E-state index contributed by atoms with van der Waals surface area (Å²) >= 11 is 0. The van der Waals surface area contributed by atoms with Gasteiger partial charge in [-0.05, 0) is 5.56 Å². The summed E-state index contributed by atoms with van der Waals surface area (Å²) in [4.78, 5) is 0. The van der Waals surface area contributed by atoms with Crippen molar-refractivity contribution in [3.05, 3.63) is 41.5 Å². The van der Waals surface area contributed by atoms with Gasteiger partial charge in [0.05, 0.1) is 5.70 Å². The molecule has 0 amide bonds. The van der Waals surface area contributed by atoms with Crippen molar-refractivity contribution in [2.24, 2.45) is 5.73 Å². The molecule has 0 aliphatic carbocycles. The third-order valence-corrected chi connectivity index (χ3v) is 1.58. The molecule has 62 valence electrons. The Labute approximate surface area is 76.3 Å². The maximum absolute atomic E-state index is 8.55. The van der Waals surface area contributed by atoms with Crippen molar-refractivity contribution in [1.29, 1.82) is 10.5 Å². The molecule has 0 unspecified atom stereocenters. The number of nitrogens with two attached hydrogens (primary N) is 1. The molecule has 1 rings (SSSR count). The summed E-state index contributed by atoms with van der Waals surface area (Å²) in [6, 6.07) is 12.4. The Hall–Kier alpha value is -2.26. The van der Waals surface area contributed by atoms with E-state index in [1.165, 1.54) is 0 Å². The Morgan fingerprint density at radius 3 is 2.08 bits per heavy atom. The van der Waals surface area contributed by atoms with Crippen molar-refractivity contribution < 1.29 is 0 Å². The van der Waals surface area contributed by atoms with E-state index in [-0.39, 0.29) is 11.3 Å². The van der Waals surface area contributed by atoms with Crippen LogP contribution in [0.15, 0.2) is 35.9 Å². The molecular weight excluding hydrogens is 162 g/mol. The van der Waals surface area contributed by atoms with Gasteiger partial charge in [-0.3, -0.25) is 0 Å². The molecule has 1 aromatic rings. The van der Waals surface area contributed by atoms with Crippen LogP contribution in [0.25, 0.3) is 5.70 Å². The van der Waals surface area contributed by atoms with Crippen LogP contribution in [0.2, 0.25) is 0 Å². The lowest BCUT2D eigenvalue weighted by molar-refractivity contribution is 1.42. The molecule has 13 heavy (non-hydrogen) atoms. The van der Waals surface area contributed by atoms with Crippen LogP contribution in [-0.2, 0) is 0 Å². The van der Waals surface area contributed by atoms with Gasteiger partial charge in [0.15, 0.2) is 5.57 Å². The highest BCUT2D eigenvalue weighted by molar-refractivity contribution is 5.72. The zero-order valence-electron chi connectivity index (χ0n) is 6.86. The maximum atomic E-state index is 8.55. The Balaban J connectivity index is 3.21. The molecule has 0 aliphatic heterocycles. The number of nitriles is 2. The monoisotopic (exact) mass is 169 g/mol. The molecule has 0 saturated heterocycles. The van der Waals surface area contributed by atoms with Gasteiger partial charge in [-0.25, -0.2) is 0 Å². The molecule has 1 aromatic carbocycles. The summed E-state index contributed by atoms with van der Waals surface area (Å²) in [7, 11) is 0. The van der Waals surface area contributed by atoms with Crippen LogP contribution in [0.1, 0.15) is 5.56 Å². The first kappa shape index (κ1) is 8.83. The van der Waals surface area contributed by atoms with Crippen molar-refractivity contribution >= 4 is 5.70 Å². The van der Waals surface area contributed by atoms with Gasteiger partial charge in [0, 0.05) is 0 Å². The highest BCUT2D eigenvalue weighted by atomic mass is 14.6. The van der Waals surface area contributed by atoms with E-state index in [0.29, 0.717) is 5.56 Å². The molecule has 3 heteroatoms. The van der Waals surface area contributed by atoms with Crippen LogP contribution >= 0.6 is 0 Å². The van der Waals surface area contributed by atoms with Crippen LogP contribution in [0, 0.1) is 22.7 Å². The average molecular weight is 169 g/mol. The third-order valence-electron chi connectivity index (χ3n) is 1.58. The smallest absolute Gasteiger partial charge is 0.153 e. The number of allylic oxidation sites excluding steroid dienone is 1. The lowest BCUT2D eigenvalue weighted by atomic mass is 10.1. The first-order valence-corrected chi connectivity index (χ1v) is 3.65. The van der Waals surface area contributed by atoms with E-state index < -0.39 is 0 Å². The van der Waals surface area contributed by atoms with Crippen LogP contribution in [0.5, 0.6) is 0 Å². The van der Waals surface area contributed by atoms with Crippen molar-refractivity contribution in [2.75, 3.05) is 0 Å². The molecule has 3 nitrogen and oxygen atoms in total. The van der Waals surface area contributed by atoms with Crippen LogP contribution in [0.4, 0.5) is 0 Å². The molecule has 0 aliphatic rings. The van der Waals surface area contributed by atoms with E-state index in [2.05, 4.69) is 0 Å². The second-order valence-electron chi connectivity index (χ2n) is 2.38. The van der Waals surface area contributed by atoms with Gasteiger partial charge >= 0.3 is 0 Å². The number of nitrogens with zero attached hydrogens (tertiary/aromatic N) is 2. The fourth-order valence-electron chi connectivity index (χ4n) is 0.908. The minimum atomic E-state index is -0.0498. The van der Waals surface area contributed by atoms with Gasteiger partial charge in [0.25, 0.3) is 0 Å². The summed E-state index contributed by atoms with van der Waals surface area (Å²) in [5, 5.41) is 17.1. The van der Waals surface area contributed by atoms with E-state index in [9.17, 15) is 0 Å². The molecule has 0 atom stereocenters. The zero-order chi connectivity index (χ0) is 9.68. The van der Waals surface area contributed by atoms with Crippen molar-refractivity contribution in [3.8, 4) is 12.1 Å². The lowest BCUT2D eigenvalue weighted by Crippen LogP contribution is -1.99. The number of hydrogen-bond donors (Lipinski definition) is 1. The predicted molar refractivity (Wildman–Crippen MR) is 48.8 cm³/mol. The summed E-state index contributed by atoms with van der Waals surface area (Å²) in [6.07, 6.45) is 0. The normalized spacial score (nSPS) is 8.15. The summed E-state index contributed by atoms with van der Waals surface area (Å²) in [6.45, 7) is 0. The zero-order valence-corrected chi connectivity index (χ0v) is 6.86. The highest BCUT2D eigenvalue weighted by Gasteiger charge is 2.02. The fraction of sp³-hybridized carbons (Fsp3) is 0. The van der Waals surface area contributed by atoms with Gasteiger partial charge < -0.3 is 5.73 Å². The molecule has 0 heterocycles. The highest BCUT2D eigenvalue weighted by Crippen LogP contribution is 2.11. The first-order valence-electron chi connectivity index (χ1n) is 3.65. The van der Waals surface area contributed by atoms with Gasteiger partial charge in [-0.1, -0.05) is 30.3 Å². The first-order chi connectivity index (χ1) is 6.29. The molecule has 0 bridgehead atoms. The lowest BCUT2D eigenvalue weighted by Gasteiger charge is -1.99. The topological polar surface area (TPSA) is 73.6 Å². The Bertz CT molecular complexity index is 388. The Kier molecular flexibility index (Phi) is 2.68. The predicted octanol–water partition coefficient (Wildman–Crippen LogP) is 1.40. The standard InChI is InChI=1S/C10H7N3/c11-6-9(7-12)10(13)8-4-2-1-3-5-8/h1-5H,13H2. The van der Waals surface area contributed by atoms with E-state index in [0.717, 1.165) is 0 Å². The largest absolute Gasteiger partial charge is 0.397 e. The van der Waals surface area contributed by atoms with E-state index in [4.69, 9.17) is 16.3 Å². The molecular formula is C10H7N3. The second-order valence-corrected chi connectivity index (χ2v) is 2.38. The quantitative estimate of drug-likeness (QED) is 0.646. The molecule has 0 radical (unpaired) electrons. The van der Waals surface area contributed by atoms with Gasteiger partial charge in [-0.2, -0.15) is 10.5 Å². The van der Waals surface area contributed by atoms with Crippen LogP contribution in [0.3, 0.4) is 0 Å². The molecule has 0 spiro atoms. The minimum absolute atomic E-state index is 0.0498. The number of benzene rings is 1. The van der Waals surface area contributed by atoms with Crippen LogP contribution in [-0.4, -0.2) is 0 Å². The van der Waals surface area contributed by atoms with Crippen molar-refractivity contribution in [2.45, 2.75) is 0 Å². The minimum Gasteiger partial charge on any atom is -0.397 e. The van der Waals surface area contributed by atoms with E-state index in [1.54, 1.807) is 36.4 Å². The average Bonchev–Trinajstić information content (AvgIpc) is 2.21. The summed E-state index contributed by atoms with van der Waals surface area (Å²) in [5.41, 5.74) is 6.47. The van der Waals surface area contributed by atoms with Gasteiger partial charge in [0.2, 0.25) is 0 Å². The second kappa shape index (κ2) is 3.94. The third kappa shape index (κ3) is 1.85. The maximum Gasteiger partial charge on any atom is 0.153 e. The van der Waals surface area contributed by atoms with Crippen LogP contribution < -0.4 is 5.73 Å². The molecule has 0 aromatic heterocycles. The van der Waals surface area contributed by atoms with E-state index >= 15 is 0 Å². The van der Waals surface area contributed by atoms with E-state index in [1.807, 2.05) is 6.07 Å². The fourth-order valence-corrected chi connectivity index (χ4v) is 0.908. The Morgan fingerprint density at radius 1 is 1.08 bits per heavy atom. The number of rotatable bonds is 1. The number of hydrogen-bond acceptors (Lipinski definition) is 3. The Morgan fingerprint density at radius 2 is 1.62 bits per heavy atom. The summed E-state index contributed by atoms with van der Waals surface area (Å²) in [5.74, 6) is 0. The van der Waals surface area contributed by atoms with Crippen molar-refractivity contribution in [1.82, 2.24) is 0 Å². The molecule has 0 fully saturated rings. The SMILES string of the molecule is N#CC(C#N)=C(N)c1ccccc1.